The highest BCUT2D eigenvalue weighted by atomic mass is 32.2. The van der Waals surface area contributed by atoms with Gasteiger partial charge in [-0.05, 0) is 11.5 Å². The summed E-state index contributed by atoms with van der Waals surface area (Å²) in [6.07, 6.45) is 0. The first kappa shape index (κ1) is 18.4. The molecule has 0 fully saturated rings. The fraction of sp³-hybridized carbons (Fsp3) is 0.294. The number of benzene rings is 1. The predicted octanol–water partition coefficient (Wildman–Crippen LogP) is 3.99. The Morgan fingerprint density at radius 1 is 1.27 bits per heavy atom. The number of nitrogens with one attached hydrogen (secondary N) is 2. The van der Waals surface area contributed by atoms with Gasteiger partial charge in [-0.15, -0.1) is 10.2 Å². The average molecular weight is 390 g/mol. The van der Waals surface area contributed by atoms with E-state index in [1.54, 1.807) is 6.07 Å². The standard InChI is InChI=1S/C17H19N5O2S2/c1-11(2)13-8-15(24-22-13)19-14(23)10-25-17-21-20-16(26-17)18-9-12-6-4-3-5-7-12/h3-8,11H,9-10H2,1-2H3,(H,18,20)(H,19,23). The van der Waals surface area contributed by atoms with Crippen molar-refractivity contribution in [3.05, 3.63) is 47.7 Å². The van der Waals surface area contributed by atoms with Gasteiger partial charge in [-0.3, -0.25) is 10.1 Å². The van der Waals surface area contributed by atoms with Gasteiger partial charge in [-0.2, -0.15) is 0 Å². The zero-order valence-corrected chi connectivity index (χ0v) is 16.1. The maximum absolute atomic E-state index is 12.0. The van der Waals surface area contributed by atoms with Crippen molar-refractivity contribution in [2.24, 2.45) is 0 Å². The summed E-state index contributed by atoms with van der Waals surface area (Å²) in [5, 5.41) is 18.7. The Hall–Kier alpha value is -2.39. The van der Waals surface area contributed by atoms with Crippen molar-refractivity contribution in [1.82, 2.24) is 15.4 Å². The third-order valence-electron chi connectivity index (χ3n) is 3.40. The van der Waals surface area contributed by atoms with Crippen LogP contribution in [-0.4, -0.2) is 27.0 Å². The van der Waals surface area contributed by atoms with Gasteiger partial charge < -0.3 is 9.84 Å². The number of anilines is 2. The molecule has 3 rings (SSSR count). The lowest BCUT2D eigenvalue weighted by molar-refractivity contribution is -0.113. The fourth-order valence-electron chi connectivity index (χ4n) is 2.03. The Morgan fingerprint density at radius 3 is 2.81 bits per heavy atom. The van der Waals surface area contributed by atoms with Crippen molar-refractivity contribution in [3.63, 3.8) is 0 Å². The van der Waals surface area contributed by atoms with Crippen LogP contribution in [0.3, 0.4) is 0 Å². The van der Waals surface area contributed by atoms with Gasteiger partial charge in [-0.1, -0.05) is 72.4 Å². The van der Waals surface area contributed by atoms with Crippen LogP contribution in [0.25, 0.3) is 0 Å². The molecular formula is C17H19N5O2S2. The van der Waals surface area contributed by atoms with E-state index in [1.807, 2.05) is 44.2 Å². The van der Waals surface area contributed by atoms with E-state index in [-0.39, 0.29) is 17.6 Å². The van der Waals surface area contributed by atoms with Crippen molar-refractivity contribution in [1.29, 1.82) is 0 Å². The van der Waals surface area contributed by atoms with Gasteiger partial charge >= 0.3 is 0 Å². The molecule has 1 amide bonds. The van der Waals surface area contributed by atoms with E-state index in [4.69, 9.17) is 4.52 Å². The number of carbonyl (C=O) groups is 1. The van der Waals surface area contributed by atoms with Gasteiger partial charge in [0.15, 0.2) is 4.34 Å². The smallest absolute Gasteiger partial charge is 0.237 e. The molecule has 0 saturated heterocycles. The molecule has 0 atom stereocenters. The first-order valence-electron chi connectivity index (χ1n) is 8.10. The summed E-state index contributed by atoms with van der Waals surface area (Å²) < 4.78 is 5.83. The molecule has 0 unspecified atom stereocenters. The molecule has 0 aliphatic rings. The van der Waals surface area contributed by atoms with Crippen molar-refractivity contribution in [2.75, 3.05) is 16.4 Å². The van der Waals surface area contributed by atoms with Gasteiger partial charge in [0.1, 0.15) is 0 Å². The maximum Gasteiger partial charge on any atom is 0.237 e. The molecule has 2 N–H and O–H groups in total. The molecule has 2 heterocycles. The summed E-state index contributed by atoms with van der Waals surface area (Å²) in [7, 11) is 0. The lowest BCUT2D eigenvalue weighted by Crippen LogP contribution is -2.13. The molecule has 136 valence electrons. The van der Waals surface area contributed by atoms with Gasteiger partial charge in [0.2, 0.25) is 16.9 Å². The van der Waals surface area contributed by atoms with Crippen molar-refractivity contribution in [3.8, 4) is 0 Å². The van der Waals surface area contributed by atoms with Gasteiger partial charge in [-0.25, -0.2) is 0 Å². The minimum absolute atomic E-state index is 0.171. The highest BCUT2D eigenvalue weighted by molar-refractivity contribution is 8.01. The molecule has 26 heavy (non-hydrogen) atoms. The van der Waals surface area contributed by atoms with Crippen LogP contribution < -0.4 is 10.6 Å². The first-order chi connectivity index (χ1) is 12.6. The zero-order chi connectivity index (χ0) is 18.4. The van der Waals surface area contributed by atoms with Crippen LogP contribution in [0.4, 0.5) is 11.0 Å². The quantitative estimate of drug-likeness (QED) is 0.563. The number of hydrogen-bond acceptors (Lipinski definition) is 8. The minimum atomic E-state index is -0.171. The van der Waals surface area contributed by atoms with E-state index in [0.29, 0.717) is 12.4 Å². The van der Waals surface area contributed by atoms with Crippen LogP contribution in [-0.2, 0) is 11.3 Å². The molecule has 2 aromatic heterocycles. The number of nitrogens with zero attached hydrogens (tertiary/aromatic N) is 3. The van der Waals surface area contributed by atoms with Crippen molar-refractivity contribution >= 4 is 40.0 Å². The summed E-state index contributed by atoms with van der Waals surface area (Å²) in [6, 6.07) is 11.8. The highest BCUT2D eigenvalue weighted by Crippen LogP contribution is 2.26. The van der Waals surface area contributed by atoms with Crippen LogP contribution in [0, 0.1) is 0 Å². The molecule has 0 aliphatic heterocycles. The van der Waals surface area contributed by atoms with Crippen LogP contribution in [0.15, 0.2) is 45.3 Å². The summed E-state index contributed by atoms with van der Waals surface area (Å²) >= 11 is 2.76. The second kappa shape index (κ2) is 8.81. The average Bonchev–Trinajstić information content (AvgIpc) is 3.28. The van der Waals surface area contributed by atoms with E-state index in [9.17, 15) is 4.79 Å². The number of thioether (sulfide) groups is 1. The van der Waals surface area contributed by atoms with Crippen molar-refractivity contribution in [2.45, 2.75) is 30.6 Å². The Morgan fingerprint density at radius 2 is 2.08 bits per heavy atom. The number of hydrogen-bond donors (Lipinski definition) is 2. The number of aromatic nitrogens is 3. The SMILES string of the molecule is CC(C)c1cc(NC(=O)CSc2nnc(NCc3ccccc3)s2)on1. The monoisotopic (exact) mass is 389 g/mol. The number of carbonyl (C=O) groups excluding carboxylic acids is 1. The summed E-state index contributed by atoms with van der Waals surface area (Å²) in [5.41, 5.74) is 1.98. The van der Waals surface area contributed by atoms with Gasteiger partial charge in [0.05, 0.1) is 11.4 Å². The van der Waals surface area contributed by atoms with Gasteiger partial charge in [0, 0.05) is 12.6 Å². The van der Waals surface area contributed by atoms with E-state index < -0.39 is 0 Å². The lowest BCUT2D eigenvalue weighted by atomic mass is 10.1. The van der Waals surface area contributed by atoms with Crippen LogP contribution in [0.1, 0.15) is 31.0 Å². The molecule has 0 spiro atoms. The zero-order valence-electron chi connectivity index (χ0n) is 14.4. The number of amides is 1. The van der Waals surface area contributed by atoms with Crippen LogP contribution in [0.2, 0.25) is 0 Å². The van der Waals surface area contributed by atoms with E-state index in [0.717, 1.165) is 15.2 Å². The fourth-order valence-corrected chi connectivity index (χ4v) is 3.58. The third-order valence-corrected chi connectivity index (χ3v) is 5.42. The summed E-state index contributed by atoms with van der Waals surface area (Å²) in [6.45, 7) is 4.71. The van der Waals surface area contributed by atoms with Crippen LogP contribution >= 0.6 is 23.1 Å². The highest BCUT2D eigenvalue weighted by Gasteiger charge is 2.12. The maximum atomic E-state index is 12.0. The number of rotatable bonds is 8. The molecule has 9 heteroatoms. The largest absolute Gasteiger partial charge is 0.356 e. The molecule has 0 radical (unpaired) electrons. The predicted molar refractivity (Wildman–Crippen MR) is 104 cm³/mol. The van der Waals surface area contributed by atoms with Crippen molar-refractivity contribution < 1.29 is 9.32 Å². The van der Waals surface area contributed by atoms with Crippen LogP contribution in [0.5, 0.6) is 0 Å². The molecule has 0 aliphatic carbocycles. The summed E-state index contributed by atoms with van der Waals surface area (Å²) in [4.78, 5) is 12.0. The summed E-state index contributed by atoms with van der Waals surface area (Å²) in [5.74, 6) is 0.671. The molecule has 0 bridgehead atoms. The lowest BCUT2D eigenvalue weighted by Gasteiger charge is -2.01. The second-order valence-corrected chi connectivity index (χ2v) is 8.02. The topological polar surface area (TPSA) is 92.9 Å². The molecule has 1 aromatic carbocycles. The van der Waals surface area contributed by atoms with E-state index in [1.165, 1.54) is 28.7 Å². The Kier molecular flexibility index (Phi) is 6.24. The second-order valence-electron chi connectivity index (χ2n) is 5.82. The Labute approximate surface area is 159 Å². The molecular weight excluding hydrogens is 370 g/mol. The first-order valence-corrected chi connectivity index (χ1v) is 9.91. The third kappa shape index (κ3) is 5.30. The minimum Gasteiger partial charge on any atom is -0.356 e. The molecule has 0 saturated carbocycles. The Bertz CT molecular complexity index is 848. The van der Waals surface area contributed by atoms with E-state index in [2.05, 4.69) is 26.0 Å². The normalized spacial score (nSPS) is 10.9. The van der Waals surface area contributed by atoms with Gasteiger partial charge in [0.25, 0.3) is 0 Å². The molecule has 3 aromatic rings. The van der Waals surface area contributed by atoms with E-state index >= 15 is 0 Å². The molecule has 7 nitrogen and oxygen atoms in total. The Balaban J connectivity index is 1.44.